The van der Waals surface area contributed by atoms with Crippen molar-refractivity contribution in [3.05, 3.63) is 107 Å². The van der Waals surface area contributed by atoms with Crippen molar-refractivity contribution >= 4 is 34.0 Å². The summed E-state index contributed by atoms with van der Waals surface area (Å²) in [6, 6.07) is 25.5. The molecule has 0 amide bonds. The molecule has 1 aliphatic carbocycles. The van der Waals surface area contributed by atoms with Crippen molar-refractivity contribution in [2.45, 2.75) is 58.2 Å². The van der Waals surface area contributed by atoms with Crippen LogP contribution in [-0.2, 0) is 11.3 Å². The Balaban J connectivity index is 1.40. The summed E-state index contributed by atoms with van der Waals surface area (Å²) in [5.41, 5.74) is 9.94. The second-order valence-electron chi connectivity index (χ2n) is 11.3. The number of Topliss-reactive ketones (excluding diaryl/α,β-unsaturated/α-hetero) is 1. The molecule has 0 saturated heterocycles. The summed E-state index contributed by atoms with van der Waals surface area (Å²) in [7, 11) is 0. The van der Waals surface area contributed by atoms with Crippen LogP contribution >= 0.6 is 0 Å². The first-order valence-electron chi connectivity index (χ1n) is 13.6. The van der Waals surface area contributed by atoms with Gasteiger partial charge in [0.2, 0.25) is 5.95 Å². The molecular weight excluding hydrogens is 468 g/mol. The van der Waals surface area contributed by atoms with E-state index in [1.54, 1.807) is 0 Å². The second-order valence-corrected chi connectivity index (χ2v) is 11.3. The van der Waals surface area contributed by atoms with Gasteiger partial charge >= 0.3 is 0 Å². The van der Waals surface area contributed by atoms with Crippen molar-refractivity contribution in [1.82, 2.24) is 9.55 Å². The molecule has 1 aromatic heterocycles. The van der Waals surface area contributed by atoms with Gasteiger partial charge < -0.3 is 10.2 Å². The van der Waals surface area contributed by atoms with Crippen molar-refractivity contribution in [3.63, 3.8) is 0 Å². The lowest BCUT2D eigenvalue weighted by atomic mass is 9.82. The van der Waals surface area contributed by atoms with Crippen LogP contribution in [0.1, 0.15) is 62.8 Å². The summed E-state index contributed by atoms with van der Waals surface area (Å²) in [6.07, 6.45) is 4.73. The molecule has 38 heavy (non-hydrogen) atoms. The van der Waals surface area contributed by atoms with Crippen LogP contribution in [0.5, 0.6) is 0 Å². The van der Waals surface area contributed by atoms with Gasteiger partial charge in [0, 0.05) is 35.5 Å². The average Bonchev–Trinajstić information content (AvgIpc) is 3.28. The Morgan fingerprint density at radius 3 is 2.63 bits per heavy atom. The van der Waals surface area contributed by atoms with Gasteiger partial charge in [-0.15, -0.1) is 0 Å². The molecule has 0 fully saturated rings. The van der Waals surface area contributed by atoms with E-state index in [2.05, 4.69) is 96.2 Å². The van der Waals surface area contributed by atoms with Gasteiger partial charge in [0.25, 0.3) is 0 Å². The van der Waals surface area contributed by atoms with Gasteiger partial charge in [0.1, 0.15) is 0 Å². The maximum absolute atomic E-state index is 13.4. The highest BCUT2D eigenvalue weighted by Crippen LogP contribution is 2.46. The van der Waals surface area contributed by atoms with Gasteiger partial charge in [-0.1, -0.05) is 54.6 Å². The van der Waals surface area contributed by atoms with Crippen molar-refractivity contribution in [2.24, 2.45) is 0 Å². The molecule has 1 atom stereocenters. The normalized spacial score (nSPS) is 20.0. The number of fused-ring (bicyclic) bond motifs is 4. The molecule has 4 aromatic rings. The van der Waals surface area contributed by atoms with Gasteiger partial charge in [0.15, 0.2) is 5.78 Å². The molecule has 190 valence electrons. The lowest BCUT2D eigenvalue weighted by Crippen LogP contribution is -2.44. The predicted octanol–water partition coefficient (Wildman–Crippen LogP) is 7.26. The van der Waals surface area contributed by atoms with Crippen LogP contribution < -0.4 is 10.2 Å². The zero-order chi connectivity index (χ0) is 26.0. The molecule has 3 aromatic carbocycles. The molecule has 0 spiro atoms. The van der Waals surface area contributed by atoms with Crippen molar-refractivity contribution in [3.8, 4) is 0 Å². The zero-order valence-corrected chi connectivity index (χ0v) is 22.2. The van der Waals surface area contributed by atoms with E-state index in [0.29, 0.717) is 6.42 Å². The van der Waals surface area contributed by atoms with E-state index in [9.17, 15) is 4.79 Å². The number of para-hydroxylation sites is 2. The minimum atomic E-state index is -0.197. The fraction of sp³-hybridized carbons (Fsp3) is 0.273. The van der Waals surface area contributed by atoms with E-state index in [0.717, 1.165) is 53.2 Å². The number of anilines is 2. The minimum Gasteiger partial charge on any atom is -0.358 e. The SMILES string of the molecule is CC1=CC(C)(C)N(Cc2ccccc2)c2ccc(C3C4=C(CCCC4=O)Nc4nc5ccccc5n43)cc21. The minimum absolute atomic E-state index is 0.119. The average molecular weight is 501 g/mol. The van der Waals surface area contributed by atoms with Crippen molar-refractivity contribution < 1.29 is 4.79 Å². The predicted molar refractivity (Wildman–Crippen MR) is 154 cm³/mol. The molecule has 2 aliphatic heterocycles. The topological polar surface area (TPSA) is 50.2 Å². The fourth-order valence-electron chi connectivity index (χ4n) is 6.61. The largest absolute Gasteiger partial charge is 0.358 e. The van der Waals surface area contributed by atoms with Crippen LogP contribution in [0, 0.1) is 0 Å². The third-order valence-corrected chi connectivity index (χ3v) is 8.35. The van der Waals surface area contributed by atoms with E-state index in [4.69, 9.17) is 4.98 Å². The number of hydrogen-bond acceptors (Lipinski definition) is 4. The number of nitrogens with zero attached hydrogens (tertiary/aromatic N) is 3. The highest BCUT2D eigenvalue weighted by atomic mass is 16.1. The third kappa shape index (κ3) is 3.52. The van der Waals surface area contributed by atoms with E-state index in [-0.39, 0.29) is 17.4 Å². The summed E-state index contributed by atoms with van der Waals surface area (Å²) >= 11 is 0. The zero-order valence-electron chi connectivity index (χ0n) is 22.2. The van der Waals surface area contributed by atoms with Gasteiger partial charge in [0.05, 0.1) is 22.6 Å². The monoisotopic (exact) mass is 500 g/mol. The molecule has 1 unspecified atom stereocenters. The summed E-state index contributed by atoms with van der Waals surface area (Å²) < 4.78 is 2.23. The highest BCUT2D eigenvalue weighted by molar-refractivity contribution is 6.00. The lowest BCUT2D eigenvalue weighted by Gasteiger charge is -2.44. The number of ketones is 1. The number of imidazole rings is 1. The first-order valence-corrected chi connectivity index (χ1v) is 13.6. The number of rotatable bonds is 3. The van der Waals surface area contributed by atoms with Crippen LogP contribution in [0.3, 0.4) is 0 Å². The van der Waals surface area contributed by atoms with Gasteiger partial charge in [-0.3, -0.25) is 9.36 Å². The van der Waals surface area contributed by atoms with Gasteiger partial charge in [-0.2, -0.15) is 0 Å². The summed E-state index contributed by atoms with van der Waals surface area (Å²) in [4.78, 5) is 20.8. The highest BCUT2D eigenvalue weighted by Gasteiger charge is 2.38. The van der Waals surface area contributed by atoms with Crippen molar-refractivity contribution in [2.75, 3.05) is 10.2 Å². The smallest absolute Gasteiger partial charge is 0.209 e. The standard InChI is InChI=1S/C33H32N4O/c1-21-19-33(2,3)36(20-22-10-5-4-6-11-22)27-17-16-23(18-24(21)27)31-30-26(13-9-15-29(30)38)35-32-34-25-12-7-8-14-28(25)37(31)32/h4-8,10-12,14,16-19,31H,9,13,15,20H2,1-3H3,(H,34,35). The first kappa shape index (κ1) is 23.0. The second kappa shape index (κ2) is 8.45. The summed E-state index contributed by atoms with van der Waals surface area (Å²) in [5.74, 6) is 1.06. The number of benzene rings is 3. The molecule has 0 saturated carbocycles. The maximum atomic E-state index is 13.4. The third-order valence-electron chi connectivity index (χ3n) is 8.35. The summed E-state index contributed by atoms with van der Waals surface area (Å²) in [6.45, 7) is 7.61. The molecule has 3 aliphatic rings. The molecule has 0 radical (unpaired) electrons. The maximum Gasteiger partial charge on any atom is 0.209 e. The van der Waals surface area contributed by atoms with Gasteiger partial charge in [-0.25, -0.2) is 4.98 Å². The Morgan fingerprint density at radius 2 is 1.79 bits per heavy atom. The molecule has 5 heteroatoms. The lowest BCUT2D eigenvalue weighted by molar-refractivity contribution is -0.116. The quantitative estimate of drug-likeness (QED) is 0.322. The molecule has 1 N–H and O–H groups in total. The van der Waals surface area contributed by atoms with Crippen LogP contribution in [-0.4, -0.2) is 20.9 Å². The van der Waals surface area contributed by atoms with E-state index >= 15 is 0 Å². The molecule has 0 bridgehead atoms. The molecular formula is C33H32N4O. The van der Waals surface area contributed by atoms with Gasteiger partial charge in [-0.05, 0) is 74.6 Å². The Morgan fingerprint density at radius 1 is 1.00 bits per heavy atom. The number of nitrogens with one attached hydrogen (secondary N) is 1. The van der Waals surface area contributed by atoms with Crippen LogP contribution in [0.4, 0.5) is 11.6 Å². The number of hydrogen-bond donors (Lipinski definition) is 1. The number of carbonyl (C=O) groups is 1. The number of aromatic nitrogens is 2. The molecule has 7 rings (SSSR count). The van der Waals surface area contributed by atoms with Crippen LogP contribution in [0.25, 0.3) is 16.6 Å². The number of carbonyl (C=O) groups excluding carboxylic acids is 1. The van der Waals surface area contributed by atoms with E-state index < -0.39 is 0 Å². The molecule has 3 heterocycles. The molecule has 5 nitrogen and oxygen atoms in total. The van der Waals surface area contributed by atoms with Crippen molar-refractivity contribution in [1.29, 1.82) is 0 Å². The summed E-state index contributed by atoms with van der Waals surface area (Å²) in [5, 5.41) is 3.53. The fourth-order valence-corrected chi connectivity index (χ4v) is 6.61. The van der Waals surface area contributed by atoms with Crippen LogP contribution in [0.15, 0.2) is 90.1 Å². The van der Waals surface area contributed by atoms with Crippen LogP contribution in [0.2, 0.25) is 0 Å². The van der Waals surface area contributed by atoms with E-state index in [1.165, 1.54) is 22.4 Å². The Hall–Kier alpha value is -4.12. The van der Waals surface area contributed by atoms with E-state index in [1.807, 2.05) is 18.2 Å². The Bertz CT molecular complexity index is 1660. The Labute approximate surface area is 223 Å². The number of allylic oxidation sites excluding steroid dienone is 3. The first-order chi connectivity index (χ1) is 18.4. The Kier molecular flexibility index (Phi) is 5.12.